The van der Waals surface area contributed by atoms with E-state index >= 15 is 0 Å². The van der Waals surface area contributed by atoms with Gasteiger partial charge >= 0.3 is 0 Å². The van der Waals surface area contributed by atoms with E-state index in [0.717, 1.165) is 56.0 Å². The van der Waals surface area contributed by atoms with E-state index in [0.29, 0.717) is 0 Å². The summed E-state index contributed by atoms with van der Waals surface area (Å²) in [6, 6.07) is 37.1. The minimum atomic E-state index is -1.16. The molecule has 0 atom stereocenters. The average molecular weight is 579 g/mol. The smallest absolute Gasteiger partial charge is 0.157 e. The number of methoxy groups -OCH3 is 2. The first-order valence-electron chi connectivity index (χ1n) is 14.2. The van der Waals surface area contributed by atoms with Crippen LogP contribution < -0.4 is 9.47 Å². The second-order valence-electron chi connectivity index (χ2n) is 10.3. The number of hydrogen-bond donors (Lipinski definition) is 0. The number of rotatable bonds is 6. The number of hydrogen-bond acceptors (Lipinski definition) is 2. The lowest BCUT2D eigenvalue weighted by molar-refractivity contribution is 0.414. The summed E-state index contributed by atoms with van der Waals surface area (Å²) in [4.78, 5) is -1.16. The maximum absolute atomic E-state index is 8.04. The predicted octanol–water partition coefficient (Wildman–Crippen LogP) is 9.52. The Hall–Kier alpha value is -4.97. The molecule has 3 heteroatoms. The highest BCUT2D eigenvalue weighted by Crippen LogP contribution is 2.59. The number of halogens is 1. The van der Waals surface area contributed by atoms with E-state index in [4.69, 9.17) is 21.1 Å². The molecule has 0 spiro atoms. The lowest BCUT2D eigenvalue weighted by Crippen LogP contribution is -2.22. The fraction of sp³-hybridized carbons (Fsp3) is 0.100. The molecule has 4 aromatic carbocycles. The zero-order valence-corrected chi connectivity index (χ0v) is 24.9. The number of allylic oxidation sites excluding steroid dienone is 10. The first kappa shape index (κ1) is 28.2. The van der Waals surface area contributed by atoms with Crippen molar-refractivity contribution < 1.29 is 9.47 Å². The molecule has 2 aliphatic carbocycles. The van der Waals surface area contributed by atoms with Crippen LogP contribution in [0.15, 0.2) is 146 Å². The Labute approximate surface area is 259 Å². The summed E-state index contributed by atoms with van der Waals surface area (Å²) < 4.78 is 11.0. The summed E-state index contributed by atoms with van der Waals surface area (Å²) in [5.41, 5.74) is 8.08. The zero-order chi connectivity index (χ0) is 29.6. The first-order valence-corrected chi connectivity index (χ1v) is 14.6. The normalized spacial score (nSPS) is 15.7. The van der Waals surface area contributed by atoms with Gasteiger partial charge in [-0.2, -0.15) is 0 Å². The lowest BCUT2D eigenvalue weighted by atomic mass is 9.85. The molecular formula is C40H31ClO2. The Bertz CT molecular complexity index is 1690. The molecule has 0 saturated heterocycles. The molecule has 0 heterocycles. The molecule has 6 rings (SSSR count). The molecule has 0 aliphatic heterocycles. The van der Waals surface area contributed by atoms with Gasteiger partial charge in [0.1, 0.15) is 11.5 Å². The van der Waals surface area contributed by atoms with Crippen molar-refractivity contribution >= 4 is 33.9 Å². The first-order chi connectivity index (χ1) is 21.1. The molecule has 0 aromatic heterocycles. The van der Waals surface area contributed by atoms with Crippen LogP contribution in [0.1, 0.15) is 22.3 Å². The van der Waals surface area contributed by atoms with Crippen molar-refractivity contribution in [1.82, 2.24) is 0 Å². The fourth-order valence-electron chi connectivity index (χ4n) is 5.67. The highest BCUT2D eigenvalue weighted by molar-refractivity contribution is 6.49. The quantitative estimate of drug-likeness (QED) is 0.167. The van der Waals surface area contributed by atoms with Crippen molar-refractivity contribution in [3.63, 3.8) is 0 Å². The van der Waals surface area contributed by atoms with E-state index in [9.17, 15) is 0 Å². The third-order valence-electron chi connectivity index (χ3n) is 7.70. The second kappa shape index (κ2) is 12.5. The summed E-state index contributed by atoms with van der Waals surface area (Å²) in [5.74, 6) is 8.64. The van der Waals surface area contributed by atoms with Crippen LogP contribution in [-0.4, -0.2) is 19.1 Å². The van der Waals surface area contributed by atoms with Gasteiger partial charge in [-0.05, 0) is 57.7 Å². The number of ether oxygens (including phenoxy) is 2. The number of alkyl halides is 1. The molecule has 43 heavy (non-hydrogen) atoms. The van der Waals surface area contributed by atoms with Crippen LogP contribution in [-0.2, 0) is 0 Å². The largest absolute Gasteiger partial charge is 0.497 e. The highest BCUT2D eigenvalue weighted by Gasteiger charge is 2.46. The highest BCUT2D eigenvalue weighted by atomic mass is 35.5. The molecule has 2 aliphatic rings. The van der Waals surface area contributed by atoms with E-state index in [1.54, 1.807) is 14.2 Å². The van der Waals surface area contributed by atoms with Gasteiger partial charge in [0.2, 0.25) is 0 Å². The van der Waals surface area contributed by atoms with Gasteiger partial charge in [-0.25, -0.2) is 0 Å². The molecule has 4 aromatic rings. The summed E-state index contributed by atoms with van der Waals surface area (Å²) in [6.07, 6.45) is 12.3. The van der Waals surface area contributed by atoms with E-state index in [1.807, 2.05) is 60.7 Å². The third kappa shape index (κ3) is 5.61. The molecule has 0 unspecified atom stereocenters. The summed E-state index contributed by atoms with van der Waals surface area (Å²) in [6.45, 7) is 0. The van der Waals surface area contributed by atoms with Crippen LogP contribution in [0.25, 0.3) is 22.3 Å². The molecule has 0 radical (unpaired) electrons. The Morgan fingerprint density at radius 1 is 0.535 bits per heavy atom. The number of benzene rings is 4. The van der Waals surface area contributed by atoms with Gasteiger partial charge < -0.3 is 9.47 Å². The topological polar surface area (TPSA) is 18.5 Å². The third-order valence-corrected chi connectivity index (χ3v) is 8.18. The van der Waals surface area contributed by atoms with Crippen LogP contribution >= 0.6 is 11.6 Å². The maximum atomic E-state index is 8.04. The predicted molar refractivity (Wildman–Crippen MR) is 180 cm³/mol. The van der Waals surface area contributed by atoms with Crippen LogP contribution in [0.5, 0.6) is 11.5 Å². The van der Waals surface area contributed by atoms with E-state index in [-0.39, 0.29) is 5.92 Å². The SMILES string of the molecule is COc1ccc(C2=C(c3ccccc3)C(Cl)(C#CC3C=CC=CC=C3)C(c3ccccc3)=C2c2ccc(OC)cc2)cc1. The summed E-state index contributed by atoms with van der Waals surface area (Å²) in [7, 11) is 3.36. The van der Waals surface area contributed by atoms with E-state index in [2.05, 4.69) is 96.8 Å². The molecule has 0 saturated carbocycles. The lowest BCUT2D eigenvalue weighted by Gasteiger charge is -2.25. The Morgan fingerprint density at radius 3 is 1.35 bits per heavy atom. The van der Waals surface area contributed by atoms with E-state index in [1.165, 1.54) is 0 Å². The molecule has 210 valence electrons. The van der Waals surface area contributed by atoms with Gasteiger partial charge in [0.15, 0.2) is 4.87 Å². The summed E-state index contributed by atoms with van der Waals surface area (Å²) in [5, 5.41) is 0. The van der Waals surface area contributed by atoms with Crippen LogP contribution in [0.2, 0.25) is 0 Å². The Kier molecular flexibility index (Phi) is 8.18. The van der Waals surface area contributed by atoms with Crippen molar-refractivity contribution in [2.24, 2.45) is 5.92 Å². The van der Waals surface area contributed by atoms with Crippen molar-refractivity contribution in [3.8, 4) is 23.3 Å². The van der Waals surface area contributed by atoms with Crippen molar-refractivity contribution in [1.29, 1.82) is 0 Å². The molecule has 0 N–H and O–H groups in total. The van der Waals surface area contributed by atoms with Gasteiger partial charge in [0.25, 0.3) is 0 Å². The minimum absolute atomic E-state index is 0.0749. The monoisotopic (exact) mass is 578 g/mol. The van der Waals surface area contributed by atoms with Crippen LogP contribution in [0.4, 0.5) is 0 Å². The molecule has 0 amide bonds. The molecular weight excluding hydrogens is 548 g/mol. The van der Waals surface area contributed by atoms with E-state index < -0.39 is 4.87 Å². The van der Waals surface area contributed by atoms with Gasteiger partial charge in [-0.1, -0.05) is 145 Å². The Balaban J connectivity index is 1.73. The van der Waals surface area contributed by atoms with Gasteiger partial charge in [-0.15, -0.1) is 0 Å². The maximum Gasteiger partial charge on any atom is 0.157 e. The Morgan fingerprint density at radius 2 is 0.953 bits per heavy atom. The second-order valence-corrected chi connectivity index (χ2v) is 10.9. The van der Waals surface area contributed by atoms with Gasteiger partial charge in [0.05, 0.1) is 20.1 Å². The molecule has 0 bridgehead atoms. The minimum Gasteiger partial charge on any atom is -0.497 e. The molecule has 2 nitrogen and oxygen atoms in total. The van der Waals surface area contributed by atoms with Crippen LogP contribution in [0.3, 0.4) is 0 Å². The van der Waals surface area contributed by atoms with Gasteiger partial charge in [0, 0.05) is 11.1 Å². The van der Waals surface area contributed by atoms with Crippen LogP contribution in [0, 0.1) is 17.8 Å². The standard InChI is InChI=1S/C40H31ClO2/c1-42-34-23-19-30(20-24-34)36-37(31-21-25-35(43-2)26-22-31)39(33-17-11-6-12-18-33)40(41,38(36)32-15-9-5-10-16-32)28-27-29-13-7-3-4-8-14-29/h3-26,29H,1-2H3. The molecule has 0 fully saturated rings. The summed E-state index contributed by atoms with van der Waals surface area (Å²) >= 11 is 8.04. The fourth-order valence-corrected chi connectivity index (χ4v) is 6.13. The van der Waals surface area contributed by atoms with Crippen molar-refractivity contribution in [2.45, 2.75) is 4.87 Å². The van der Waals surface area contributed by atoms with Crippen molar-refractivity contribution in [3.05, 3.63) is 168 Å². The average Bonchev–Trinajstić information content (AvgIpc) is 3.18. The zero-order valence-electron chi connectivity index (χ0n) is 24.1. The van der Waals surface area contributed by atoms with Crippen molar-refractivity contribution in [2.75, 3.05) is 14.2 Å². The van der Waals surface area contributed by atoms with Gasteiger partial charge in [-0.3, -0.25) is 0 Å².